The van der Waals surface area contributed by atoms with Crippen LogP contribution in [-0.4, -0.2) is 32.3 Å². The van der Waals surface area contributed by atoms with E-state index < -0.39 is 0 Å². The van der Waals surface area contributed by atoms with Crippen molar-refractivity contribution in [1.82, 2.24) is 19.6 Å². The van der Waals surface area contributed by atoms with E-state index in [1.807, 2.05) is 35.6 Å². The Labute approximate surface area is 143 Å². The molecule has 5 rings (SSSR count). The lowest BCUT2D eigenvalue weighted by molar-refractivity contribution is 0.126. The summed E-state index contributed by atoms with van der Waals surface area (Å²) in [5, 5.41) is 11.3. The molecule has 0 aliphatic heterocycles. The highest BCUT2D eigenvalue weighted by Crippen LogP contribution is 2.49. The topological polar surface area (TPSA) is 52.3 Å². The molecule has 2 aromatic heterocycles. The highest BCUT2D eigenvalue weighted by atomic mass is 35.5. The van der Waals surface area contributed by atoms with Gasteiger partial charge in [-0.25, -0.2) is 4.98 Å². The summed E-state index contributed by atoms with van der Waals surface area (Å²) in [4.78, 5) is 4.72. The first kappa shape index (κ1) is 14.1. The maximum atomic E-state index is 6.39. The van der Waals surface area contributed by atoms with E-state index in [1.165, 1.54) is 0 Å². The number of halogens is 1. The van der Waals surface area contributed by atoms with Crippen LogP contribution in [0.25, 0.3) is 29.2 Å². The second-order valence-electron chi connectivity index (χ2n) is 6.41. The third-order valence-electron chi connectivity index (χ3n) is 5.02. The Morgan fingerprint density at radius 3 is 2.92 bits per heavy atom. The summed E-state index contributed by atoms with van der Waals surface area (Å²) in [5.41, 5.74) is 2.25. The fourth-order valence-corrected chi connectivity index (χ4v) is 3.81. The zero-order valence-electron chi connectivity index (χ0n) is 13.3. The fraction of sp³-hybridized carbons (Fsp3) is 0.278. The van der Waals surface area contributed by atoms with Crippen molar-refractivity contribution in [3.05, 3.63) is 45.7 Å². The molecule has 0 spiro atoms. The van der Waals surface area contributed by atoms with E-state index in [1.54, 1.807) is 7.11 Å². The molecule has 0 bridgehead atoms. The Morgan fingerprint density at radius 2 is 2.12 bits per heavy atom. The molecule has 6 heteroatoms. The minimum absolute atomic E-state index is 0.209. The predicted octanol–water partition coefficient (Wildman–Crippen LogP) is 1.73. The smallest absolute Gasteiger partial charge is 0.183 e. The highest BCUT2D eigenvalue weighted by molar-refractivity contribution is 6.33. The van der Waals surface area contributed by atoms with Crippen molar-refractivity contribution in [3.8, 4) is 11.4 Å². The van der Waals surface area contributed by atoms with Crippen LogP contribution in [0.15, 0.2) is 24.3 Å². The molecule has 1 saturated carbocycles. The first-order chi connectivity index (χ1) is 11.6. The number of aryl methyl sites for hydroxylation is 1. The fourth-order valence-electron chi connectivity index (χ4n) is 3.59. The van der Waals surface area contributed by atoms with E-state index in [9.17, 15) is 0 Å². The molecule has 0 amide bonds. The van der Waals surface area contributed by atoms with Gasteiger partial charge in [0.1, 0.15) is 0 Å². The van der Waals surface area contributed by atoms with Gasteiger partial charge in [-0.15, -0.1) is 10.2 Å². The van der Waals surface area contributed by atoms with Gasteiger partial charge in [0.15, 0.2) is 11.5 Å². The predicted molar refractivity (Wildman–Crippen MR) is 92.0 cm³/mol. The summed E-state index contributed by atoms with van der Waals surface area (Å²) in [6, 6.07) is 7.68. The van der Waals surface area contributed by atoms with Crippen molar-refractivity contribution >= 4 is 29.4 Å². The molecule has 0 saturated heterocycles. The van der Waals surface area contributed by atoms with Gasteiger partial charge in [0.25, 0.3) is 0 Å². The third-order valence-corrected chi connectivity index (χ3v) is 5.35. The lowest BCUT2D eigenvalue weighted by Gasteiger charge is -2.14. The normalized spacial score (nSPS) is 24.0. The molecule has 2 aliphatic carbocycles. The molecule has 120 valence electrons. The highest BCUT2D eigenvalue weighted by Gasteiger charge is 2.53. The SMILES string of the molecule is COC12C=c3c(nc(C)c4nnc(-c5ccccc5Cl)n34)=CC1C2. The molecule has 0 N–H and O–H groups in total. The van der Waals surface area contributed by atoms with Crippen molar-refractivity contribution in [2.24, 2.45) is 5.92 Å². The average Bonchev–Trinajstić information content (AvgIpc) is 3.11. The van der Waals surface area contributed by atoms with Gasteiger partial charge in [0.2, 0.25) is 0 Å². The number of methoxy groups -OCH3 is 1. The zero-order chi connectivity index (χ0) is 16.5. The molecule has 24 heavy (non-hydrogen) atoms. The summed E-state index contributed by atoms with van der Waals surface area (Å²) in [6.07, 6.45) is 5.35. The van der Waals surface area contributed by atoms with Gasteiger partial charge in [0.05, 0.1) is 27.0 Å². The first-order valence-electron chi connectivity index (χ1n) is 7.89. The molecule has 5 nitrogen and oxygen atoms in total. The number of rotatable bonds is 2. The van der Waals surface area contributed by atoms with Crippen molar-refractivity contribution in [2.45, 2.75) is 18.9 Å². The van der Waals surface area contributed by atoms with Gasteiger partial charge in [-0.1, -0.05) is 29.8 Å². The van der Waals surface area contributed by atoms with Crippen molar-refractivity contribution in [2.75, 3.05) is 7.11 Å². The van der Waals surface area contributed by atoms with E-state index in [0.717, 1.165) is 39.8 Å². The molecule has 2 unspecified atom stereocenters. The third kappa shape index (κ3) is 1.77. The van der Waals surface area contributed by atoms with Gasteiger partial charge in [-0.2, -0.15) is 0 Å². The molecule has 1 aromatic carbocycles. The zero-order valence-corrected chi connectivity index (χ0v) is 14.1. The Balaban J connectivity index is 1.93. The number of nitrogens with zero attached hydrogens (tertiary/aromatic N) is 4. The van der Waals surface area contributed by atoms with Gasteiger partial charge in [-0.3, -0.25) is 4.40 Å². The minimum atomic E-state index is -0.209. The van der Waals surface area contributed by atoms with E-state index in [0.29, 0.717) is 10.9 Å². The van der Waals surface area contributed by atoms with E-state index in [-0.39, 0.29) is 5.60 Å². The van der Waals surface area contributed by atoms with Crippen molar-refractivity contribution in [3.63, 3.8) is 0 Å². The van der Waals surface area contributed by atoms with Gasteiger partial charge < -0.3 is 4.74 Å². The molecular formula is C18H15ClN4O. The lowest BCUT2D eigenvalue weighted by Crippen LogP contribution is -2.40. The van der Waals surface area contributed by atoms with Crippen LogP contribution in [0.1, 0.15) is 12.1 Å². The second kappa shape index (κ2) is 4.65. The van der Waals surface area contributed by atoms with Crippen LogP contribution in [0.3, 0.4) is 0 Å². The van der Waals surface area contributed by atoms with E-state index in [2.05, 4.69) is 22.3 Å². The van der Waals surface area contributed by atoms with Gasteiger partial charge >= 0.3 is 0 Å². The number of hydrogen-bond donors (Lipinski definition) is 0. The van der Waals surface area contributed by atoms with E-state index >= 15 is 0 Å². The number of fused-ring (bicyclic) bond motifs is 4. The van der Waals surface area contributed by atoms with Crippen LogP contribution in [0.2, 0.25) is 5.02 Å². The Bertz CT molecular complexity index is 1120. The summed E-state index contributed by atoms with van der Waals surface area (Å²) in [5.74, 6) is 1.13. The van der Waals surface area contributed by atoms with Crippen LogP contribution in [0, 0.1) is 12.8 Å². The number of hydrogen-bond acceptors (Lipinski definition) is 4. The van der Waals surface area contributed by atoms with Gasteiger partial charge in [0, 0.05) is 18.6 Å². The van der Waals surface area contributed by atoms with Gasteiger partial charge in [-0.05, 0) is 31.6 Å². The molecule has 1 fully saturated rings. The van der Waals surface area contributed by atoms with Crippen LogP contribution in [0.5, 0.6) is 0 Å². The summed E-state index contributed by atoms with van der Waals surface area (Å²) < 4.78 is 7.79. The molecule has 3 aromatic rings. The van der Waals surface area contributed by atoms with Crippen molar-refractivity contribution < 1.29 is 4.74 Å². The lowest BCUT2D eigenvalue weighted by atomic mass is 10.1. The minimum Gasteiger partial charge on any atom is -0.373 e. The Kier molecular flexibility index (Phi) is 2.74. The molecular weight excluding hydrogens is 324 g/mol. The Morgan fingerprint density at radius 1 is 1.29 bits per heavy atom. The summed E-state index contributed by atoms with van der Waals surface area (Å²) in [6.45, 7) is 1.96. The Hall–Kier alpha value is -2.24. The molecule has 2 atom stereocenters. The van der Waals surface area contributed by atoms with E-state index in [4.69, 9.17) is 21.3 Å². The summed E-state index contributed by atoms with van der Waals surface area (Å²) >= 11 is 6.39. The first-order valence-corrected chi connectivity index (χ1v) is 8.27. The van der Waals surface area contributed by atoms with Crippen molar-refractivity contribution in [1.29, 1.82) is 0 Å². The number of ether oxygens (including phenoxy) is 1. The monoisotopic (exact) mass is 338 g/mol. The maximum Gasteiger partial charge on any atom is 0.183 e. The largest absolute Gasteiger partial charge is 0.373 e. The van der Waals surface area contributed by atoms with Crippen LogP contribution >= 0.6 is 11.6 Å². The number of aromatic nitrogens is 4. The molecule has 2 heterocycles. The summed E-state index contributed by atoms with van der Waals surface area (Å²) in [7, 11) is 1.76. The molecule has 2 aliphatic rings. The number of benzene rings is 1. The molecule has 0 radical (unpaired) electrons. The average molecular weight is 339 g/mol. The standard InChI is InChI=1S/C18H15ClN4O/c1-10-16-21-22-17(12-5-3-4-6-13(12)19)23(16)15-9-18(24-2)8-11(18)7-14(15)20-10/h3-7,9,11H,8H2,1-2H3. The van der Waals surface area contributed by atoms with Crippen LogP contribution < -0.4 is 10.7 Å². The quantitative estimate of drug-likeness (QED) is 0.714. The van der Waals surface area contributed by atoms with Crippen LogP contribution in [-0.2, 0) is 4.74 Å². The second-order valence-corrected chi connectivity index (χ2v) is 6.82. The maximum absolute atomic E-state index is 6.39. The van der Waals surface area contributed by atoms with Crippen LogP contribution in [0.4, 0.5) is 0 Å².